The second-order valence-corrected chi connectivity index (χ2v) is 7.55. The molecule has 24 heavy (non-hydrogen) atoms. The normalized spacial score (nSPS) is 18.2. The summed E-state index contributed by atoms with van der Waals surface area (Å²) < 4.78 is 6.10. The molecule has 3 rings (SSSR count). The Morgan fingerprint density at radius 3 is 2.75 bits per heavy atom. The summed E-state index contributed by atoms with van der Waals surface area (Å²) in [4.78, 5) is 0. The zero-order valence-corrected chi connectivity index (χ0v) is 15.6. The lowest BCUT2D eigenvalue weighted by molar-refractivity contribution is 0.0696. The molecule has 1 heterocycles. The first-order valence-corrected chi connectivity index (χ1v) is 8.74. The highest BCUT2D eigenvalue weighted by Gasteiger charge is 2.34. The maximum absolute atomic E-state index is 6.19. The van der Waals surface area contributed by atoms with Crippen molar-refractivity contribution in [3.05, 3.63) is 58.6 Å². The highest BCUT2D eigenvalue weighted by atomic mass is 35.5. The number of hydrogen-bond acceptors (Lipinski definition) is 2. The van der Waals surface area contributed by atoms with Gasteiger partial charge in [0, 0.05) is 12.0 Å². The van der Waals surface area contributed by atoms with E-state index in [4.69, 9.17) is 28.6 Å². The lowest BCUT2D eigenvalue weighted by Crippen LogP contribution is -2.42. The molecule has 0 spiro atoms. The molecule has 0 unspecified atom stereocenters. The van der Waals surface area contributed by atoms with Crippen LogP contribution >= 0.6 is 23.8 Å². The zero-order valence-electron chi connectivity index (χ0n) is 14.0. The van der Waals surface area contributed by atoms with E-state index in [2.05, 4.69) is 43.5 Å². The molecule has 0 amide bonds. The topological polar surface area (TPSA) is 33.3 Å². The molecule has 2 aromatic carbocycles. The second kappa shape index (κ2) is 6.61. The Morgan fingerprint density at radius 2 is 2.00 bits per heavy atom. The first kappa shape index (κ1) is 17.1. The van der Waals surface area contributed by atoms with E-state index in [0.717, 1.165) is 23.4 Å². The largest absolute Gasteiger partial charge is 0.487 e. The molecule has 2 N–H and O–H groups in total. The van der Waals surface area contributed by atoms with Crippen LogP contribution in [0.4, 0.5) is 5.69 Å². The first-order valence-electron chi connectivity index (χ1n) is 7.96. The summed E-state index contributed by atoms with van der Waals surface area (Å²) in [5.41, 5.74) is 2.89. The SMILES string of the molecule is Cc1ccc2c(c1)[C@H](NC(=S)Nc1ccccc1Cl)CC(C)(C)O2. The summed E-state index contributed by atoms with van der Waals surface area (Å²) in [6.07, 6.45) is 0.827. The van der Waals surface area contributed by atoms with Crippen LogP contribution in [0.5, 0.6) is 5.75 Å². The Labute approximate surface area is 153 Å². The number of ether oxygens (including phenoxy) is 1. The van der Waals surface area contributed by atoms with Crippen molar-refractivity contribution in [1.82, 2.24) is 5.32 Å². The quantitative estimate of drug-likeness (QED) is 0.718. The molecular formula is C19H21ClN2OS. The maximum Gasteiger partial charge on any atom is 0.171 e. The highest BCUT2D eigenvalue weighted by Crippen LogP contribution is 2.39. The molecule has 0 saturated heterocycles. The van der Waals surface area contributed by atoms with Gasteiger partial charge in [-0.25, -0.2) is 0 Å². The van der Waals surface area contributed by atoms with E-state index in [-0.39, 0.29) is 11.6 Å². The van der Waals surface area contributed by atoms with Crippen LogP contribution in [0.2, 0.25) is 5.02 Å². The van der Waals surface area contributed by atoms with Gasteiger partial charge in [-0.3, -0.25) is 0 Å². The summed E-state index contributed by atoms with van der Waals surface area (Å²) in [7, 11) is 0. The highest BCUT2D eigenvalue weighted by molar-refractivity contribution is 7.80. The van der Waals surface area contributed by atoms with Crippen molar-refractivity contribution in [2.45, 2.75) is 38.8 Å². The number of para-hydroxylation sites is 1. The smallest absolute Gasteiger partial charge is 0.171 e. The van der Waals surface area contributed by atoms with Gasteiger partial charge in [-0.2, -0.15) is 0 Å². The van der Waals surface area contributed by atoms with Gasteiger partial charge in [0.1, 0.15) is 11.4 Å². The van der Waals surface area contributed by atoms with Gasteiger partial charge < -0.3 is 15.4 Å². The van der Waals surface area contributed by atoms with Crippen molar-refractivity contribution in [2.24, 2.45) is 0 Å². The van der Waals surface area contributed by atoms with Gasteiger partial charge in [-0.05, 0) is 51.2 Å². The number of rotatable bonds is 2. The van der Waals surface area contributed by atoms with E-state index in [1.165, 1.54) is 5.56 Å². The van der Waals surface area contributed by atoms with Gasteiger partial charge in [0.05, 0.1) is 16.8 Å². The predicted octanol–water partition coefficient (Wildman–Crippen LogP) is 5.24. The number of benzene rings is 2. The van der Waals surface area contributed by atoms with E-state index >= 15 is 0 Å². The third-order valence-corrected chi connectivity index (χ3v) is 4.60. The van der Waals surface area contributed by atoms with E-state index in [0.29, 0.717) is 10.1 Å². The minimum Gasteiger partial charge on any atom is -0.487 e. The Morgan fingerprint density at radius 1 is 1.25 bits per heavy atom. The first-order chi connectivity index (χ1) is 11.3. The van der Waals surface area contributed by atoms with Crippen LogP contribution in [0.3, 0.4) is 0 Å². The summed E-state index contributed by atoms with van der Waals surface area (Å²) in [6.45, 7) is 6.27. The van der Waals surface area contributed by atoms with Crippen LogP contribution in [0, 0.1) is 6.92 Å². The van der Waals surface area contributed by atoms with Gasteiger partial charge >= 0.3 is 0 Å². The Kier molecular flexibility index (Phi) is 4.70. The predicted molar refractivity (Wildman–Crippen MR) is 104 cm³/mol. The van der Waals surface area contributed by atoms with Crippen LogP contribution in [-0.2, 0) is 0 Å². The standard InChI is InChI=1S/C19H21ClN2OS/c1-12-8-9-17-13(10-12)16(11-19(2,3)23-17)22-18(24)21-15-7-5-4-6-14(15)20/h4-10,16H,11H2,1-3H3,(H2,21,22,24)/t16-/m1/s1. The molecule has 3 nitrogen and oxygen atoms in total. The molecule has 1 atom stereocenters. The van der Waals surface area contributed by atoms with Crippen molar-refractivity contribution >= 4 is 34.6 Å². The van der Waals surface area contributed by atoms with Crippen molar-refractivity contribution in [3.63, 3.8) is 0 Å². The van der Waals surface area contributed by atoms with Crippen molar-refractivity contribution in [1.29, 1.82) is 0 Å². The van der Waals surface area contributed by atoms with E-state index in [9.17, 15) is 0 Å². The van der Waals surface area contributed by atoms with Crippen molar-refractivity contribution in [3.8, 4) is 5.75 Å². The Balaban J connectivity index is 1.80. The molecule has 5 heteroatoms. The number of aryl methyl sites for hydroxylation is 1. The van der Waals surface area contributed by atoms with Gasteiger partial charge in [-0.15, -0.1) is 0 Å². The fourth-order valence-corrected chi connectivity index (χ4v) is 3.42. The minimum atomic E-state index is -0.250. The third-order valence-electron chi connectivity index (χ3n) is 4.05. The molecule has 1 aliphatic rings. The number of thiocarbonyl (C=S) groups is 1. The van der Waals surface area contributed by atoms with Gasteiger partial charge in [0.2, 0.25) is 0 Å². The van der Waals surface area contributed by atoms with E-state index in [1.807, 2.05) is 30.3 Å². The Hall–Kier alpha value is -1.78. The molecule has 2 aromatic rings. The molecule has 0 aliphatic carbocycles. The average molecular weight is 361 g/mol. The van der Waals surface area contributed by atoms with Crippen LogP contribution < -0.4 is 15.4 Å². The van der Waals surface area contributed by atoms with Crippen LogP contribution in [-0.4, -0.2) is 10.7 Å². The molecular weight excluding hydrogens is 340 g/mol. The van der Waals surface area contributed by atoms with Crippen LogP contribution in [0.25, 0.3) is 0 Å². The number of anilines is 1. The Bertz CT molecular complexity index is 776. The number of halogens is 1. The average Bonchev–Trinajstić information content (AvgIpc) is 2.49. The second-order valence-electron chi connectivity index (χ2n) is 6.74. The lowest BCUT2D eigenvalue weighted by atomic mass is 9.89. The van der Waals surface area contributed by atoms with Crippen molar-refractivity contribution in [2.75, 3.05) is 5.32 Å². The minimum absolute atomic E-state index is 0.0890. The van der Waals surface area contributed by atoms with E-state index < -0.39 is 0 Å². The van der Waals surface area contributed by atoms with Crippen LogP contribution in [0.1, 0.15) is 37.4 Å². The number of fused-ring (bicyclic) bond motifs is 1. The van der Waals surface area contributed by atoms with Gasteiger partial charge in [0.15, 0.2) is 5.11 Å². The van der Waals surface area contributed by atoms with Crippen molar-refractivity contribution < 1.29 is 4.74 Å². The third kappa shape index (κ3) is 3.82. The molecule has 0 aromatic heterocycles. The molecule has 0 fully saturated rings. The fraction of sp³-hybridized carbons (Fsp3) is 0.316. The summed E-state index contributed by atoms with van der Waals surface area (Å²) in [6, 6.07) is 13.9. The lowest BCUT2D eigenvalue weighted by Gasteiger charge is -2.38. The molecule has 0 radical (unpaired) electrons. The monoisotopic (exact) mass is 360 g/mol. The van der Waals surface area contributed by atoms with E-state index in [1.54, 1.807) is 0 Å². The fourth-order valence-electron chi connectivity index (χ4n) is 2.98. The summed E-state index contributed by atoms with van der Waals surface area (Å²) >= 11 is 11.7. The zero-order chi connectivity index (χ0) is 17.3. The van der Waals surface area contributed by atoms with Crippen LogP contribution in [0.15, 0.2) is 42.5 Å². The molecule has 0 bridgehead atoms. The molecule has 126 valence electrons. The number of hydrogen-bond donors (Lipinski definition) is 2. The van der Waals surface area contributed by atoms with Gasteiger partial charge in [0.25, 0.3) is 0 Å². The molecule has 1 aliphatic heterocycles. The summed E-state index contributed by atoms with van der Waals surface area (Å²) in [5.74, 6) is 0.912. The van der Waals surface area contributed by atoms with Gasteiger partial charge in [-0.1, -0.05) is 41.4 Å². The summed E-state index contributed by atoms with van der Waals surface area (Å²) in [5, 5.41) is 7.79. The number of nitrogens with one attached hydrogen (secondary N) is 2. The maximum atomic E-state index is 6.19. The molecule has 0 saturated carbocycles.